The molecule has 8 nitrogen and oxygen atoms in total. The standard InChI is InChI=1S/C19H15N3O5/c1-13-20-19(21-27-13)12-26-17-9-2-14(3-10-17)4-11-18(23)15-5-7-16(8-6-15)22(24)25/h2-11H,12H2,1H3/b11-4+. The quantitative estimate of drug-likeness (QED) is 0.271. The van der Waals surface area contributed by atoms with Crippen LogP contribution in [0.3, 0.4) is 0 Å². The molecule has 0 aliphatic heterocycles. The third kappa shape index (κ3) is 4.85. The van der Waals surface area contributed by atoms with Gasteiger partial charge in [0.2, 0.25) is 11.7 Å². The number of nitro groups is 1. The Morgan fingerprint density at radius 1 is 1.19 bits per heavy atom. The molecule has 0 saturated heterocycles. The molecule has 3 aromatic rings. The van der Waals surface area contributed by atoms with Crippen LogP contribution < -0.4 is 4.74 Å². The maximum absolute atomic E-state index is 12.1. The number of hydrogen-bond donors (Lipinski definition) is 0. The minimum absolute atomic E-state index is 0.0536. The summed E-state index contributed by atoms with van der Waals surface area (Å²) in [7, 11) is 0. The van der Waals surface area contributed by atoms with E-state index in [2.05, 4.69) is 10.1 Å². The van der Waals surface area contributed by atoms with Gasteiger partial charge in [-0.3, -0.25) is 14.9 Å². The first-order chi connectivity index (χ1) is 13.0. The van der Waals surface area contributed by atoms with Crippen LogP contribution in [0.4, 0.5) is 5.69 Å². The van der Waals surface area contributed by atoms with Crippen LogP contribution >= 0.6 is 0 Å². The van der Waals surface area contributed by atoms with Crippen molar-refractivity contribution in [3.63, 3.8) is 0 Å². The molecule has 0 radical (unpaired) electrons. The Balaban J connectivity index is 1.58. The summed E-state index contributed by atoms with van der Waals surface area (Å²) in [6.07, 6.45) is 3.08. The number of non-ortho nitro benzene ring substituents is 1. The molecule has 0 aliphatic rings. The highest BCUT2D eigenvalue weighted by atomic mass is 16.6. The van der Waals surface area contributed by atoms with Crippen molar-refractivity contribution in [1.29, 1.82) is 0 Å². The minimum Gasteiger partial charge on any atom is -0.485 e. The molecule has 3 rings (SSSR count). The van der Waals surface area contributed by atoms with E-state index in [9.17, 15) is 14.9 Å². The number of hydrogen-bond acceptors (Lipinski definition) is 7. The normalized spacial score (nSPS) is 10.9. The monoisotopic (exact) mass is 365 g/mol. The van der Waals surface area contributed by atoms with Crippen molar-refractivity contribution in [2.75, 3.05) is 0 Å². The number of aromatic nitrogens is 2. The molecular formula is C19H15N3O5. The molecule has 0 amide bonds. The highest BCUT2D eigenvalue weighted by Gasteiger charge is 2.07. The SMILES string of the molecule is Cc1nc(COc2ccc(/C=C/C(=O)c3ccc([N+](=O)[O-])cc3)cc2)no1. The lowest BCUT2D eigenvalue weighted by Crippen LogP contribution is -1.97. The Morgan fingerprint density at radius 3 is 2.48 bits per heavy atom. The second-order valence-corrected chi connectivity index (χ2v) is 5.59. The van der Waals surface area contributed by atoms with Crippen molar-refractivity contribution in [3.05, 3.63) is 87.6 Å². The van der Waals surface area contributed by atoms with E-state index < -0.39 is 4.92 Å². The summed E-state index contributed by atoms with van der Waals surface area (Å²) < 4.78 is 10.4. The van der Waals surface area contributed by atoms with Crippen molar-refractivity contribution in [2.45, 2.75) is 13.5 Å². The van der Waals surface area contributed by atoms with E-state index in [1.165, 1.54) is 30.3 Å². The summed E-state index contributed by atoms with van der Waals surface area (Å²) in [5.74, 6) is 1.34. The van der Waals surface area contributed by atoms with Gasteiger partial charge in [-0.05, 0) is 35.9 Å². The van der Waals surface area contributed by atoms with Gasteiger partial charge in [0.1, 0.15) is 5.75 Å². The Kier molecular flexibility index (Phi) is 5.36. The number of allylic oxidation sites excluding steroid dienone is 1. The molecule has 1 aromatic heterocycles. The van der Waals surface area contributed by atoms with Gasteiger partial charge >= 0.3 is 0 Å². The average Bonchev–Trinajstić information content (AvgIpc) is 3.10. The molecule has 0 saturated carbocycles. The molecule has 136 valence electrons. The van der Waals surface area contributed by atoms with Gasteiger partial charge in [0.15, 0.2) is 12.4 Å². The first kappa shape index (κ1) is 18.0. The molecule has 8 heteroatoms. The van der Waals surface area contributed by atoms with Gasteiger partial charge < -0.3 is 9.26 Å². The lowest BCUT2D eigenvalue weighted by Gasteiger charge is -2.03. The molecule has 0 aliphatic carbocycles. The number of nitro benzene ring substituents is 1. The number of ether oxygens (including phenoxy) is 1. The largest absolute Gasteiger partial charge is 0.485 e. The number of nitrogens with zero attached hydrogens (tertiary/aromatic N) is 3. The zero-order chi connectivity index (χ0) is 19.2. The van der Waals surface area contributed by atoms with E-state index in [1.54, 1.807) is 37.3 Å². The smallest absolute Gasteiger partial charge is 0.269 e. The molecular weight excluding hydrogens is 350 g/mol. The third-order valence-corrected chi connectivity index (χ3v) is 3.61. The van der Waals surface area contributed by atoms with E-state index in [0.717, 1.165) is 5.56 Å². The fourth-order valence-electron chi connectivity index (χ4n) is 2.24. The van der Waals surface area contributed by atoms with Crippen LogP contribution in [0.15, 0.2) is 59.1 Å². The Labute approximate surface area is 154 Å². The number of carbonyl (C=O) groups excluding carboxylic acids is 1. The summed E-state index contributed by atoms with van der Waals surface area (Å²) in [5, 5.41) is 14.4. The predicted molar refractivity (Wildman–Crippen MR) is 96.3 cm³/mol. The summed E-state index contributed by atoms with van der Waals surface area (Å²) >= 11 is 0. The zero-order valence-corrected chi connectivity index (χ0v) is 14.4. The number of ketones is 1. The van der Waals surface area contributed by atoms with Crippen molar-refractivity contribution in [1.82, 2.24) is 10.1 Å². The van der Waals surface area contributed by atoms with Gasteiger partial charge in [0.05, 0.1) is 4.92 Å². The van der Waals surface area contributed by atoms with Crippen LogP contribution in [-0.2, 0) is 6.61 Å². The van der Waals surface area contributed by atoms with Crippen LogP contribution in [0.25, 0.3) is 6.08 Å². The summed E-state index contributed by atoms with van der Waals surface area (Å²) in [4.78, 5) is 26.3. The van der Waals surface area contributed by atoms with Gasteiger partial charge in [-0.25, -0.2) is 0 Å². The zero-order valence-electron chi connectivity index (χ0n) is 14.4. The van der Waals surface area contributed by atoms with Crippen LogP contribution in [0.2, 0.25) is 0 Å². The Morgan fingerprint density at radius 2 is 1.89 bits per heavy atom. The van der Waals surface area contributed by atoms with Gasteiger partial charge in [-0.2, -0.15) is 4.98 Å². The number of carbonyl (C=O) groups is 1. The van der Waals surface area contributed by atoms with E-state index in [1.807, 2.05) is 0 Å². The molecule has 2 aromatic carbocycles. The maximum atomic E-state index is 12.1. The van der Waals surface area contributed by atoms with Crippen molar-refractivity contribution in [3.8, 4) is 5.75 Å². The van der Waals surface area contributed by atoms with E-state index in [-0.39, 0.29) is 18.1 Å². The van der Waals surface area contributed by atoms with Crippen LogP contribution in [0, 0.1) is 17.0 Å². The van der Waals surface area contributed by atoms with Crippen molar-refractivity contribution >= 4 is 17.5 Å². The van der Waals surface area contributed by atoms with Crippen molar-refractivity contribution < 1.29 is 19.0 Å². The summed E-state index contributed by atoms with van der Waals surface area (Å²) in [6, 6.07) is 12.6. The number of aryl methyl sites for hydroxylation is 1. The van der Waals surface area contributed by atoms with E-state index in [0.29, 0.717) is 23.0 Å². The second kappa shape index (κ2) is 8.05. The van der Waals surface area contributed by atoms with Crippen LogP contribution in [0.5, 0.6) is 5.75 Å². The minimum atomic E-state index is -0.506. The van der Waals surface area contributed by atoms with Gasteiger partial charge in [0, 0.05) is 24.6 Å². The first-order valence-electron chi connectivity index (χ1n) is 8.00. The van der Waals surface area contributed by atoms with Crippen LogP contribution in [0.1, 0.15) is 27.6 Å². The molecule has 1 heterocycles. The Bertz CT molecular complexity index is 975. The third-order valence-electron chi connectivity index (χ3n) is 3.61. The van der Waals surface area contributed by atoms with Crippen molar-refractivity contribution in [2.24, 2.45) is 0 Å². The highest BCUT2D eigenvalue weighted by molar-refractivity contribution is 6.06. The number of benzene rings is 2. The molecule has 0 bridgehead atoms. The van der Waals surface area contributed by atoms with E-state index >= 15 is 0 Å². The molecule has 27 heavy (non-hydrogen) atoms. The molecule has 0 unspecified atom stereocenters. The maximum Gasteiger partial charge on any atom is 0.269 e. The fraction of sp³-hybridized carbons (Fsp3) is 0.105. The lowest BCUT2D eigenvalue weighted by molar-refractivity contribution is -0.384. The average molecular weight is 365 g/mol. The highest BCUT2D eigenvalue weighted by Crippen LogP contribution is 2.16. The lowest BCUT2D eigenvalue weighted by atomic mass is 10.1. The molecule has 0 fully saturated rings. The summed E-state index contributed by atoms with van der Waals surface area (Å²) in [5.41, 5.74) is 1.14. The van der Waals surface area contributed by atoms with Gasteiger partial charge in [0.25, 0.3) is 5.69 Å². The van der Waals surface area contributed by atoms with Crippen LogP contribution in [-0.4, -0.2) is 20.8 Å². The molecule has 0 atom stereocenters. The molecule has 0 spiro atoms. The fourth-order valence-corrected chi connectivity index (χ4v) is 2.24. The van der Waals surface area contributed by atoms with Gasteiger partial charge in [-0.1, -0.05) is 23.4 Å². The number of rotatable bonds is 7. The summed E-state index contributed by atoms with van der Waals surface area (Å²) in [6.45, 7) is 1.90. The molecule has 0 N–H and O–H groups in total. The Hall–Kier alpha value is -3.81. The van der Waals surface area contributed by atoms with Gasteiger partial charge in [-0.15, -0.1) is 0 Å². The van der Waals surface area contributed by atoms with E-state index in [4.69, 9.17) is 9.26 Å². The predicted octanol–water partition coefficient (Wildman–Crippen LogP) is 3.76. The second-order valence-electron chi connectivity index (χ2n) is 5.59. The topological polar surface area (TPSA) is 108 Å². The first-order valence-corrected chi connectivity index (χ1v) is 8.00.